The summed E-state index contributed by atoms with van der Waals surface area (Å²) in [5.41, 5.74) is -0.316. The molecule has 7 heteroatoms. The number of aliphatic hydroxyl groups is 1. The number of carbonyl (C=O) groups is 2. The van der Waals surface area contributed by atoms with Crippen LogP contribution in [0.2, 0.25) is 0 Å². The summed E-state index contributed by atoms with van der Waals surface area (Å²) in [5.74, 6) is 0.00121. The van der Waals surface area contributed by atoms with Gasteiger partial charge in [-0.25, -0.2) is 4.79 Å². The topological polar surface area (TPSA) is 90.9 Å². The van der Waals surface area contributed by atoms with Gasteiger partial charge < -0.3 is 20.5 Å². The number of fused-ring (bicyclic) bond motifs is 1. The number of nitrogens with zero attached hydrogens (tertiary/aromatic N) is 1. The van der Waals surface area contributed by atoms with E-state index in [0.29, 0.717) is 22.7 Å². The molecule has 7 nitrogen and oxygen atoms in total. The first-order chi connectivity index (χ1) is 14.5. The molecule has 1 aliphatic heterocycles. The molecule has 3 N–H and O–H groups in total. The molecule has 0 radical (unpaired) electrons. The highest BCUT2D eigenvalue weighted by Crippen LogP contribution is 2.39. The van der Waals surface area contributed by atoms with Crippen LogP contribution in [0.5, 0.6) is 5.75 Å². The summed E-state index contributed by atoms with van der Waals surface area (Å²) in [6, 6.07) is 21.9. The van der Waals surface area contributed by atoms with E-state index in [1.54, 1.807) is 73.8 Å². The predicted octanol–water partition coefficient (Wildman–Crippen LogP) is 3.21. The number of methoxy groups -OCH3 is 1. The van der Waals surface area contributed by atoms with Crippen LogP contribution in [0.25, 0.3) is 0 Å². The molecule has 0 fully saturated rings. The van der Waals surface area contributed by atoms with Gasteiger partial charge in [0.05, 0.1) is 12.8 Å². The summed E-state index contributed by atoms with van der Waals surface area (Å²) in [6.45, 7) is 0.178. The Kier molecular flexibility index (Phi) is 5.12. The minimum atomic E-state index is -2.22. The number of urea groups is 1. The third-order valence-corrected chi connectivity index (χ3v) is 5.01. The van der Waals surface area contributed by atoms with Crippen molar-refractivity contribution in [1.29, 1.82) is 0 Å². The zero-order valence-electron chi connectivity index (χ0n) is 16.3. The number of hydrogen-bond donors (Lipinski definition) is 3. The lowest BCUT2D eigenvalue weighted by Crippen LogP contribution is -2.62. The number of rotatable bonds is 5. The summed E-state index contributed by atoms with van der Waals surface area (Å²) in [4.78, 5) is 27.3. The summed E-state index contributed by atoms with van der Waals surface area (Å²) in [5, 5.41) is 17.2. The number of para-hydroxylation sites is 2. The Balaban J connectivity index is 1.70. The molecular weight excluding hydrogens is 382 g/mol. The van der Waals surface area contributed by atoms with Crippen molar-refractivity contribution in [2.45, 2.75) is 12.3 Å². The smallest absolute Gasteiger partial charge is 0.329 e. The van der Waals surface area contributed by atoms with Gasteiger partial charge in [0.15, 0.2) is 0 Å². The van der Waals surface area contributed by atoms with Crippen LogP contribution >= 0.6 is 0 Å². The molecule has 1 heterocycles. The summed E-state index contributed by atoms with van der Waals surface area (Å²) in [6.07, 6.45) is 0. The maximum absolute atomic E-state index is 13.3. The molecule has 0 saturated carbocycles. The van der Waals surface area contributed by atoms with Crippen LogP contribution in [0.15, 0.2) is 78.9 Å². The van der Waals surface area contributed by atoms with Crippen molar-refractivity contribution in [3.63, 3.8) is 0 Å². The maximum Gasteiger partial charge on any atom is 0.329 e. The van der Waals surface area contributed by atoms with E-state index in [1.807, 2.05) is 12.1 Å². The summed E-state index contributed by atoms with van der Waals surface area (Å²) in [7, 11) is 1.58. The number of ether oxygens (including phenoxy) is 1. The normalized spacial score (nSPS) is 17.7. The van der Waals surface area contributed by atoms with Gasteiger partial charge in [0.1, 0.15) is 5.75 Å². The minimum Gasteiger partial charge on any atom is -0.497 e. The number of carbonyl (C=O) groups excluding carboxylic acids is 2. The fourth-order valence-corrected chi connectivity index (χ4v) is 3.49. The molecule has 0 bridgehead atoms. The fraction of sp³-hybridized carbons (Fsp3) is 0.130. The van der Waals surface area contributed by atoms with E-state index in [4.69, 9.17) is 4.74 Å². The van der Waals surface area contributed by atoms with Crippen LogP contribution in [0, 0.1) is 0 Å². The first kappa shape index (κ1) is 19.5. The number of benzene rings is 3. The van der Waals surface area contributed by atoms with Gasteiger partial charge in [-0.3, -0.25) is 9.69 Å². The van der Waals surface area contributed by atoms with Crippen molar-refractivity contribution in [3.05, 3.63) is 90.0 Å². The monoisotopic (exact) mass is 403 g/mol. The average Bonchev–Trinajstić information content (AvgIpc) is 2.78. The Morgan fingerprint density at radius 3 is 2.40 bits per heavy atom. The Morgan fingerprint density at radius 1 is 1.03 bits per heavy atom. The van der Waals surface area contributed by atoms with E-state index >= 15 is 0 Å². The Hall–Kier alpha value is -3.84. The van der Waals surface area contributed by atoms with Crippen LogP contribution in [0.3, 0.4) is 0 Å². The van der Waals surface area contributed by atoms with Crippen molar-refractivity contribution in [2.75, 3.05) is 17.3 Å². The van der Waals surface area contributed by atoms with Crippen LogP contribution < -0.4 is 20.3 Å². The molecule has 0 saturated heterocycles. The third kappa shape index (κ3) is 3.35. The highest BCUT2D eigenvalue weighted by Gasteiger charge is 2.51. The van der Waals surface area contributed by atoms with Crippen molar-refractivity contribution in [1.82, 2.24) is 5.32 Å². The van der Waals surface area contributed by atoms with Crippen LogP contribution in [0.4, 0.5) is 16.2 Å². The Morgan fingerprint density at radius 2 is 1.70 bits per heavy atom. The summed E-state index contributed by atoms with van der Waals surface area (Å²) < 4.78 is 5.14. The van der Waals surface area contributed by atoms with Gasteiger partial charge in [-0.05, 0) is 35.9 Å². The molecule has 4 rings (SSSR count). The standard InChI is InChI=1S/C23H21N3O4/c1-30-18-13-11-16(12-14-18)15-24-21(27)23(29)19-9-5-6-10-20(19)25-22(28)26(23)17-7-3-2-4-8-17/h2-14,29H,15H2,1H3,(H,24,27)(H,25,28). The zero-order valence-corrected chi connectivity index (χ0v) is 16.3. The van der Waals surface area contributed by atoms with E-state index in [1.165, 1.54) is 0 Å². The van der Waals surface area contributed by atoms with E-state index in [2.05, 4.69) is 10.6 Å². The number of nitrogens with one attached hydrogen (secondary N) is 2. The van der Waals surface area contributed by atoms with Gasteiger partial charge in [-0.15, -0.1) is 0 Å². The van der Waals surface area contributed by atoms with E-state index < -0.39 is 17.7 Å². The van der Waals surface area contributed by atoms with Gasteiger partial charge in [0.2, 0.25) is 0 Å². The number of hydrogen-bond acceptors (Lipinski definition) is 4. The lowest BCUT2D eigenvalue weighted by atomic mass is 9.94. The second-order valence-electron chi connectivity index (χ2n) is 6.85. The first-order valence-electron chi connectivity index (χ1n) is 9.43. The molecule has 0 aromatic heterocycles. The van der Waals surface area contributed by atoms with Gasteiger partial charge in [0, 0.05) is 17.8 Å². The molecule has 1 unspecified atom stereocenters. The van der Waals surface area contributed by atoms with Crippen molar-refractivity contribution in [2.24, 2.45) is 0 Å². The van der Waals surface area contributed by atoms with Crippen molar-refractivity contribution < 1.29 is 19.4 Å². The quantitative estimate of drug-likeness (QED) is 0.610. The molecule has 0 spiro atoms. The van der Waals surface area contributed by atoms with Crippen molar-refractivity contribution in [3.8, 4) is 5.75 Å². The molecule has 3 aromatic rings. The average molecular weight is 403 g/mol. The molecule has 1 aliphatic rings. The second-order valence-corrected chi connectivity index (χ2v) is 6.85. The van der Waals surface area contributed by atoms with Crippen LogP contribution in [-0.2, 0) is 17.1 Å². The van der Waals surface area contributed by atoms with E-state index in [-0.39, 0.29) is 6.54 Å². The summed E-state index contributed by atoms with van der Waals surface area (Å²) >= 11 is 0. The molecule has 3 amide bonds. The third-order valence-electron chi connectivity index (χ3n) is 5.01. The first-order valence-corrected chi connectivity index (χ1v) is 9.43. The highest BCUT2D eigenvalue weighted by atomic mass is 16.5. The lowest BCUT2D eigenvalue weighted by Gasteiger charge is -2.42. The molecule has 3 aromatic carbocycles. The van der Waals surface area contributed by atoms with Crippen molar-refractivity contribution >= 4 is 23.3 Å². The van der Waals surface area contributed by atoms with E-state index in [9.17, 15) is 14.7 Å². The fourth-order valence-electron chi connectivity index (χ4n) is 3.49. The Labute approximate surface area is 173 Å². The van der Waals surface area contributed by atoms with Gasteiger partial charge >= 0.3 is 6.03 Å². The molecule has 152 valence electrons. The molecule has 30 heavy (non-hydrogen) atoms. The lowest BCUT2D eigenvalue weighted by molar-refractivity contribution is -0.140. The second kappa shape index (κ2) is 7.88. The molecule has 1 atom stereocenters. The molecule has 0 aliphatic carbocycles. The predicted molar refractivity (Wildman–Crippen MR) is 113 cm³/mol. The van der Waals surface area contributed by atoms with Gasteiger partial charge in [-0.1, -0.05) is 48.5 Å². The number of anilines is 2. The van der Waals surface area contributed by atoms with Gasteiger partial charge in [-0.2, -0.15) is 0 Å². The number of amides is 3. The Bertz CT molecular complexity index is 1070. The van der Waals surface area contributed by atoms with Gasteiger partial charge in [0.25, 0.3) is 11.6 Å². The van der Waals surface area contributed by atoms with E-state index in [0.717, 1.165) is 10.5 Å². The zero-order chi connectivity index (χ0) is 21.1. The minimum absolute atomic E-state index is 0.178. The maximum atomic E-state index is 13.3. The highest BCUT2D eigenvalue weighted by molar-refractivity contribution is 6.11. The largest absolute Gasteiger partial charge is 0.497 e. The van der Waals surface area contributed by atoms with Crippen LogP contribution in [0.1, 0.15) is 11.1 Å². The molecular formula is C23H21N3O4. The SMILES string of the molecule is COc1ccc(CNC(=O)C2(O)c3ccccc3NC(=O)N2c2ccccc2)cc1. The van der Waals surface area contributed by atoms with Crippen LogP contribution in [-0.4, -0.2) is 24.2 Å².